The Morgan fingerprint density at radius 2 is 1.76 bits per heavy atom. The molecule has 1 unspecified atom stereocenters. The largest absolute Gasteiger partial charge is 0.454 e. The lowest BCUT2D eigenvalue weighted by atomic mass is 10.0. The fourth-order valence-corrected chi connectivity index (χ4v) is 3.54. The number of carbonyl (C=O) groups excluding carboxylic acids is 3. The Kier molecular flexibility index (Phi) is 5.20. The Morgan fingerprint density at radius 3 is 2.62 bits per heavy atom. The van der Waals surface area contributed by atoms with Crippen molar-refractivity contribution in [3.8, 4) is 11.5 Å². The van der Waals surface area contributed by atoms with Crippen LogP contribution in [0.15, 0.2) is 36.4 Å². The summed E-state index contributed by atoms with van der Waals surface area (Å²) in [5.74, 6) is -0.331. The van der Waals surface area contributed by atoms with E-state index in [4.69, 9.17) is 14.2 Å². The number of carbonyl (C=O) groups is 3. The minimum Gasteiger partial charge on any atom is -0.454 e. The standard InChI is InChI=1S/C22H21NO6/c1-13(21(25)16-6-5-14-3-2-4-15(14)9-16)29-20(24)11-23-22(26)17-7-8-18-19(10-17)28-12-27-18/h5-10,13H,2-4,11-12H2,1H3,(H,23,26). The van der Waals surface area contributed by atoms with Crippen LogP contribution >= 0.6 is 0 Å². The highest BCUT2D eigenvalue weighted by atomic mass is 16.7. The molecular weight excluding hydrogens is 374 g/mol. The third-order valence-electron chi connectivity index (χ3n) is 5.09. The Bertz CT molecular complexity index is 983. The molecule has 2 aliphatic rings. The molecule has 0 spiro atoms. The Balaban J connectivity index is 1.30. The first-order valence-electron chi connectivity index (χ1n) is 9.54. The summed E-state index contributed by atoms with van der Waals surface area (Å²) in [5.41, 5.74) is 3.34. The number of hydrogen-bond donors (Lipinski definition) is 1. The van der Waals surface area contributed by atoms with Crippen LogP contribution in [0.1, 0.15) is 45.2 Å². The van der Waals surface area contributed by atoms with Gasteiger partial charge < -0.3 is 19.5 Å². The predicted molar refractivity (Wildman–Crippen MR) is 103 cm³/mol. The van der Waals surface area contributed by atoms with Gasteiger partial charge in [-0.1, -0.05) is 12.1 Å². The minimum absolute atomic E-state index is 0.114. The number of ketones is 1. The second-order valence-corrected chi connectivity index (χ2v) is 7.08. The smallest absolute Gasteiger partial charge is 0.326 e. The SMILES string of the molecule is CC(OC(=O)CNC(=O)c1ccc2c(c1)OCO2)C(=O)c1ccc2c(c1)CCC2. The summed E-state index contributed by atoms with van der Waals surface area (Å²) in [6.45, 7) is 1.31. The number of rotatable bonds is 6. The fraction of sp³-hybridized carbons (Fsp3) is 0.318. The highest BCUT2D eigenvalue weighted by Gasteiger charge is 2.22. The molecule has 1 atom stereocenters. The van der Waals surface area contributed by atoms with E-state index in [0.29, 0.717) is 22.6 Å². The van der Waals surface area contributed by atoms with Crippen molar-refractivity contribution in [2.24, 2.45) is 0 Å². The van der Waals surface area contributed by atoms with Crippen LogP contribution in [0.4, 0.5) is 0 Å². The summed E-state index contributed by atoms with van der Waals surface area (Å²) in [5, 5.41) is 2.49. The summed E-state index contributed by atoms with van der Waals surface area (Å²) < 4.78 is 15.6. The normalized spacial score (nSPS) is 14.8. The van der Waals surface area contributed by atoms with E-state index in [0.717, 1.165) is 19.3 Å². The Hall–Kier alpha value is -3.35. The topological polar surface area (TPSA) is 90.9 Å². The van der Waals surface area contributed by atoms with Gasteiger partial charge in [0.15, 0.2) is 17.6 Å². The molecule has 0 radical (unpaired) electrons. The molecule has 7 nitrogen and oxygen atoms in total. The molecule has 0 saturated carbocycles. The number of Topliss-reactive ketones (excluding diaryl/α,β-unsaturated/α-hetero) is 1. The molecule has 150 valence electrons. The van der Waals surface area contributed by atoms with Crippen LogP contribution in [0.2, 0.25) is 0 Å². The van der Waals surface area contributed by atoms with E-state index in [2.05, 4.69) is 5.32 Å². The molecule has 7 heteroatoms. The van der Waals surface area contributed by atoms with Crippen LogP contribution in [0.25, 0.3) is 0 Å². The number of hydrogen-bond acceptors (Lipinski definition) is 6. The van der Waals surface area contributed by atoms with Crippen LogP contribution < -0.4 is 14.8 Å². The Morgan fingerprint density at radius 1 is 1.00 bits per heavy atom. The van der Waals surface area contributed by atoms with E-state index in [1.165, 1.54) is 18.1 Å². The quantitative estimate of drug-likeness (QED) is 0.597. The number of aryl methyl sites for hydroxylation is 2. The summed E-state index contributed by atoms with van der Waals surface area (Å²) in [4.78, 5) is 36.8. The molecule has 1 heterocycles. The van der Waals surface area contributed by atoms with Crippen LogP contribution in [0.3, 0.4) is 0 Å². The third kappa shape index (κ3) is 4.08. The van der Waals surface area contributed by atoms with Gasteiger partial charge in [-0.2, -0.15) is 0 Å². The van der Waals surface area contributed by atoms with E-state index in [1.807, 2.05) is 12.1 Å². The molecule has 2 aromatic carbocycles. The van der Waals surface area contributed by atoms with Crippen molar-refractivity contribution in [3.63, 3.8) is 0 Å². The maximum absolute atomic E-state index is 12.6. The zero-order chi connectivity index (χ0) is 20.4. The lowest BCUT2D eigenvalue weighted by Gasteiger charge is -2.13. The molecule has 0 bridgehead atoms. The molecule has 1 amide bonds. The molecule has 1 aliphatic carbocycles. The van der Waals surface area contributed by atoms with Crippen molar-refractivity contribution in [1.29, 1.82) is 0 Å². The van der Waals surface area contributed by atoms with Crippen molar-refractivity contribution >= 4 is 17.7 Å². The second kappa shape index (κ2) is 7.95. The van der Waals surface area contributed by atoms with Gasteiger partial charge in [0.2, 0.25) is 12.6 Å². The van der Waals surface area contributed by atoms with E-state index in [1.54, 1.807) is 24.3 Å². The molecule has 0 saturated heterocycles. The average molecular weight is 395 g/mol. The summed E-state index contributed by atoms with van der Waals surface area (Å²) in [6.07, 6.45) is 2.18. The van der Waals surface area contributed by atoms with E-state index < -0.39 is 18.0 Å². The first-order chi connectivity index (χ1) is 14.0. The van der Waals surface area contributed by atoms with Gasteiger partial charge >= 0.3 is 5.97 Å². The highest BCUT2D eigenvalue weighted by Crippen LogP contribution is 2.32. The number of ether oxygens (including phenoxy) is 3. The van der Waals surface area contributed by atoms with Crippen LogP contribution in [0, 0.1) is 0 Å². The summed E-state index contributed by atoms with van der Waals surface area (Å²) in [6, 6.07) is 10.4. The van der Waals surface area contributed by atoms with Crippen molar-refractivity contribution in [2.45, 2.75) is 32.3 Å². The second-order valence-electron chi connectivity index (χ2n) is 7.08. The monoisotopic (exact) mass is 395 g/mol. The molecule has 29 heavy (non-hydrogen) atoms. The first kappa shape index (κ1) is 19.0. The van der Waals surface area contributed by atoms with Gasteiger partial charge in [0.05, 0.1) is 0 Å². The Labute approximate surface area is 168 Å². The maximum atomic E-state index is 12.6. The average Bonchev–Trinajstić information content (AvgIpc) is 3.39. The molecule has 1 N–H and O–H groups in total. The van der Waals surface area contributed by atoms with Gasteiger partial charge in [-0.05, 0) is 61.6 Å². The first-order valence-corrected chi connectivity index (χ1v) is 9.54. The molecule has 2 aromatic rings. The molecule has 0 fully saturated rings. The fourth-order valence-electron chi connectivity index (χ4n) is 3.54. The van der Waals surface area contributed by atoms with Gasteiger partial charge in [-0.25, -0.2) is 0 Å². The van der Waals surface area contributed by atoms with E-state index in [-0.39, 0.29) is 19.1 Å². The number of benzene rings is 2. The van der Waals surface area contributed by atoms with Crippen LogP contribution in [-0.2, 0) is 22.4 Å². The van der Waals surface area contributed by atoms with Crippen molar-refractivity contribution in [1.82, 2.24) is 5.32 Å². The van der Waals surface area contributed by atoms with E-state index >= 15 is 0 Å². The van der Waals surface area contributed by atoms with Gasteiger partial charge in [0, 0.05) is 11.1 Å². The van der Waals surface area contributed by atoms with Gasteiger partial charge in [0.1, 0.15) is 6.54 Å². The van der Waals surface area contributed by atoms with Gasteiger partial charge in [-0.15, -0.1) is 0 Å². The minimum atomic E-state index is -0.926. The predicted octanol–water partition coefficient (Wildman–Crippen LogP) is 2.45. The summed E-state index contributed by atoms with van der Waals surface area (Å²) in [7, 11) is 0. The zero-order valence-electron chi connectivity index (χ0n) is 16.0. The van der Waals surface area contributed by atoms with E-state index in [9.17, 15) is 14.4 Å². The number of fused-ring (bicyclic) bond motifs is 2. The summed E-state index contributed by atoms with van der Waals surface area (Å²) >= 11 is 0. The van der Waals surface area contributed by atoms with Gasteiger partial charge in [0.25, 0.3) is 5.91 Å². The van der Waals surface area contributed by atoms with Crippen LogP contribution in [0.5, 0.6) is 11.5 Å². The molecule has 1 aliphatic heterocycles. The lowest BCUT2D eigenvalue weighted by molar-refractivity contribution is -0.145. The highest BCUT2D eigenvalue weighted by molar-refractivity contribution is 6.01. The van der Waals surface area contributed by atoms with Crippen molar-refractivity contribution < 1.29 is 28.6 Å². The number of amides is 1. The molecule has 4 rings (SSSR count). The van der Waals surface area contributed by atoms with Gasteiger partial charge in [-0.3, -0.25) is 14.4 Å². The molecule has 0 aromatic heterocycles. The van der Waals surface area contributed by atoms with Crippen LogP contribution in [-0.4, -0.2) is 37.1 Å². The number of nitrogens with one attached hydrogen (secondary N) is 1. The zero-order valence-corrected chi connectivity index (χ0v) is 16.0. The third-order valence-corrected chi connectivity index (χ3v) is 5.09. The maximum Gasteiger partial charge on any atom is 0.326 e. The molecular formula is C22H21NO6. The lowest BCUT2D eigenvalue weighted by Crippen LogP contribution is -2.34. The van der Waals surface area contributed by atoms with Crippen molar-refractivity contribution in [2.75, 3.05) is 13.3 Å². The number of esters is 1. The van der Waals surface area contributed by atoms with Crippen molar-refractivity contribution in [3.05, 3.63) is 58.7 Å².